The molecule has 2 fully saturated rings. The van der Waals surface area contributed by atoms with E-state index >= 15 is 0 Å². The Kier molecular flexibility index (Phi) is 3.67. The first-order valence-corrected chi connectivity index (χ1v) is 7.44. The zero-order chi connectivity index (χ0) is 14.1. The van der Waals surface area contributed by atoms with E-state index in [2.05, 4.69) is 0 Å². The van der Waals surface area contributed by atoms with E-state index in [9.17, 15) is 9.59 Å². The van der Waals surface area contributed by atoms with Crippen LogP contribution in [0.1, 0.15) is 0 Å². The molecule has 2 aliphatic rings. The van der Waals surface area contributed by atoms with E-state index < -0.39 is 6.10 Å². The van der Waals surface area contributed by atoms with Gasteiger partial charge in [-0.3, -0.25) is 9.59 Å². The van der Waals surface area contributed by atoms with Gasteiger partial charge in [-0.05, 0) is 12.1 Å². The first-order valence-electron chi connectivity index (χ1n) is 6.39. The van der Waals surface area contributed by atoms with E-state index in [4.69, 9.17) is 9.47 Å². The molecule has 0 bridgehead atoms. The predicted octanol–water partition coefficient (Wildman–Crippen LogP) is 0.933. The molecule has 1 aromatic carbocycles. The first kappa shape index (κ1) is 13.5. The van der Waals surface area contributed by atoms with Gasteiger partial charge >= 0.3 is 0 Å². The van der Waals surface area contributed by atoms with Gasteiger partial charge in [-0.1, -0.05) is 18.2 Å². The molecule has 3 atom stereocenters. The zero-order valence-electron chi connectivity index (χ0n) is 11.0. The number of fused-ring (bicyclic) bond motifs is 1. The van der Waals surface area contributed by atoms with Crippen molar-refractivity contribution < 1.29 is 19.1 Å². The van der Waals surface area contributed by atoms with Crippen LogP contribution in [0.3, 0.4) is 0 Å². The van der Waals surface area contributed by atoms with Crippen LogP contribution in [0.25, 0.3) is 0 Å². The van der Waals surface area contributed by atoms with Crippen molar-refractivity contribution >= 4 is 23.5 Å². The Labute approximate surface area is 121 Å². The lowest BCUT2D eigenvalue weighted by atomic mass is 10.0. The van der Waals surface area contributed by atoms with Crippen molar-refractivity contribution in [1.29, 1.82) is 0 Å². The standard InChI is InChI=1S/C14H15NO4S/c1-18-12-13(17)15-10(8-20-14(12)15)11(16)7-19-9-5-3-2-4-6-9/h2-6,10,12,14H,7-8H2,1H3/t10?,12-,14-/m0/s1. The molecule has 0 spiro atoms. The normalized spacial score (nSPS) is 27.9. The summed E-state index contributed by atoms with van der Waals surface area (Å²) in [7, 11) is 1.52. The van der Waals surface area contributed by atoms with Gasteiger partial charge in [0, 0.05) is 12.9 Å². The number of Topliss-reactive ketones (excluding diaryl/α,β-unsaturated/α-hetero) is 1. The van der Waals surface area contributed by atoms with Crippen molar-refractivity contribution in [3.05, 3.63) is 30.3 Å². The number of carbonyl (C=O) groups excluding carboxylic acids is 2. The summed E-state index contributed by atoms with van der Waals surface area (Å²) < 4.78 is 10.6. The number of ether oxygens (including phenoxy) is 2. The summed E-state index contributed by atoms with van der Waals surface area (Å²) in [4.78, 5) is 25.7. The quantitative estimate of drug-likeness (QED) is 0.756. The number of rotatable bonds is 5. The zero-order valence-corrected chi connectivity index (χ0v) is 11.8. The van der Waals surface area contributed by atoms with Crippen LogP contribution in [0.15, 0.2) is 30.3 Å². The van der Waals surface area contributed by atoms with Crippen LogP contribution in [0.5, 0.6) is 5.75 Å². The third-order valence-corrected chi connectivity index (χ3v) is 4.87. The van der Waals surface area contributed by atoms with Crippen molar-refractivity contribution in [2.45, 2.75) is 17.5 Å². The second kappa shape index (κ2) is 5.46. The van der Waals surface area contributed by atoms with Crippen molar-refractivity contribution in [2.24, 2.45) is 0 Å². The molecule has 6 heteroatoms. The van der Waals surface area contributed by atoms with E-state index in [1.165, 1.54) is 7.11 Å². The Balaban J connectivity index is 1.58. The van der Waals surface area contributed by atoms with Gasteiger partial charge in [-0.2, -0.15) is 0 Å². The van der Waals surface area contributed by atoms with Crippen molar-refractivity contribution in [3.63, 3.8) is 0 Å². The predicted molar refractivity (Wildman–Crippen MR) is 74.6 cm³/mol. The van der Waals surface area contributed by atoms with Crippen LogP contribution in [0.2, 0.25) is 0 Å². The number of carbonyl (C=O) groups is 2. The number of thioether (sulfide) groups is 1. The number of hydrogen-bond acceptors (Lipinski definition) is 5. The average Bonchev–Trinajstić information content (AvgIpc) is 2.86. The molecule has 5 nitrogen and oxygen atoms in total. The molecular formula is C14H15NO4S. The van der Waals surface area contributed by atoms with Crippen LogP contribution in [-0.4, -0.2) is 53.6 Å². The Morgan fingerprint density at radius 1 is 1.40 bits per heavy atom. The van der Waals surface area contributed by atoms with Crippen molar-refractivity contribution in [1.82, 2.24) is 4.90 Å². The fourth-order valence-corrected chi connectivity index (χ4v) is 4.00. The van der Waals surface area contributed by atoms with Crippen molar-refractivity contribution in [2.75, 3.05) is 19.5 Å². The van der Waals surface area contributed by atoms with Gasteiger partial charge in [0.2, 0.25) is 0 Å². The SMILES string of the molecule is CO[C@H]1C(=O)N2C(C(=O)COc3ccccc3)CS[C@@H]12. The summed E-state index contributed by atoms with van der Waals surface area (Å²) in [6.45, 7) is -0.0105. The molecule has 3 rings (SSSR count). The Hall–Kier alpha value is -1.53. The highest BCUT2D eigenvalue weighted by atomic mass is 32.2. The summed E-state index contributed by atoms with van der Waals surface area (Å²) in [6.07, 6.45) is -0.396. The first-order chi connectivity index (χ1) is 9.72. The number of para-hydroxylation sites is 1. The molecule has 0 saturated carbocycles. The molecular weight excluding hydrogens is 278 g/mol. The van der Waals surface area contributed by atoms with E-state index in [1.807, 2.05) is 18.2 Å². The maximum absolute atomic E-state index is 12.2. The molecule has 0 aliphatic carbocycles. The van der Waals surface area contributed by atoms with E-state index in [1.54, 1.807) is 28.8 Å². The van der Waals surface area contributed by atoms with Crippen LogP contribution < -0.4 is 4.74 Å². The Morgan fingerprint density at radius 3 is 2.85 bits per heavy atom. The molecule has 0 aromatic heterocycles. The fraction of sp³-hybridized carbons (Fsp3) is 0.429. The number of β-lactam (4-membered cyclic amide) rings is 1. The molecule has 0 N–H and O–H groups in total. The topological polar surface area (TPSA) is 55.8 Å². The fourth-order valence-electron chi connectivity index (χ4n) is 2.46. The summed E-state index contributed by atoms with van der Waals surface area (Å²) >= 11 is 1.59. The number of methoxy groups -OCH3 is 1. The van der Waals surface area contributed by atoms with Crippen LogP contribution in [-0.2, 0) is 14.3 Å². The molecule has 1 aromatic rings. The minimum atomic E-state index is -0.396. The van der Waals surface area contributed by atoms with Gasteiger partial charge in [0.15, 0.2) is 11.9 Å². The molecule has 20 heavy (non-hydrogen) atoms. The number of hydrogen-bond donors (Lipinski definition) is 0. The average molecular weight is 293 g/mol. The van der Waals surface area contributed by atoms with Gasteiger partial charge in [0.25, 0.3) is 5.91 Å². The van der Waals surface area contributed by atoms with Crippen LogP contribution in [0, 0.1) is 0 Å². The monoisotopic (exact) mass is 293 g/mol. The number of nitrogens with zero attached hydrogens (tertiary/aromatic N) is 1. The number of ketones is 1. The lowest BCUT2D eigenvalue weighted by Crippen LogP contribution is -2.65. The van der Waals surface area contributed by atoms with Crippen molar-refractivity contribution in [3.8, 4) is 5.75 Å². The minimum Gasteiger partial charge on any atom is -0.486 e. The largest absolute Gasteiger partial charge is 0.486 e. The summed E-state index contributed by atoms with van der Waals surface area (Å²) in [6, 6.07) is 8.81. The van der Waals surface area contributed by atoms with E-state index in [0.29, 0.717) is 11.5 Å². The molecule has 2 heterocycles. The molecule has 106 valence electrons. The molecule has 2 saturated heterocycles. The highest BCUT2D eigenvalue weighted by Crippen LogP contribution is 2.41. The number of benzene rings is 1. The Morgan fingerprint density at radius 2 is 2.15 bits per heavy atom. The molecule has 0 radical (unpaired) electrons. The lowest BCUT2D eigenvalue weighted by molar-refractivity contribution is -0.166. The highest BCUT2D eigenvalue weighted by molar-refractivity contribution is 8.00. The summed E-state index contributed by atoms with van der Waals surface area (Å²) in [5.74, 6) is 1.12. The molecule has 1 unspecified atom stereocenters. The van der Waals surface area contributed by atoms with Gasteiger partial charge in [0.1, 0.15) is 23.8 Å². The highest BCUT2D eigenvalue weighted by Gasteiger charge is 2.56. The summed E-state index contributed by atoms with van der Waals surface area (Å²) in [5.41, 5.74) is 0. The van der Waals surface area contributed by atoms with Gasteiger partial charge in [-0.25, -0.2) is 0 Å². The van der Waals surface area contributed by atoms with Gasteiger partial charge < -0.3 is 14.4 Å². The third kappa shape index (κ3) is 2.19. The summed E-state index contributed by atoms with van der Waals surface area (Å²) in [5, 5.41) is -0.0156. The molecule has 1 amide bonds. The van der Waals surface area contributed by atoms with Gasteiger partial charge in [0.05, 0.1) is 0 Å². The second-order valence-electron chi connectivity index (χ2n) is 4.71. The maximum Gasteiger partial charge on any atom is 0.256 e. The van der Waals surface area contributed by atoms with E-state index in [-0.39, 0.29) is 29.7 Å². The molecule has 2 aliphatic heterocycles. The second-order valence-corrected chi connectivity index (χ2v) is 5.86. The lowest BCUT2D eigenvalue weighted by Gasteiger charge is -2.42. The Bertz CT molecular complexity index is 521. The van der Waals surface area contributed by atoms with Gasteiger partial charge in [-0.15, -0.1) is 11.8 Å². The smallest absolute Gasteiger partial charge is 0.256 e. The van der Waals surface area contributed by atoms with Crippen LogP contribution >= 0.6 is 11.8 Å². The third-order valence-electron chi connectivity index (χ3n) is 3.54. The number of amides is 1. The minimum absolute atomic E-state index is 0.0105. The van der Waals surface area contributed by atoms with Crippen LogP contribution in [0.4, 0.5) is 0 Å². The maximum atomic E-state index is 12.2. The van der Waals surface area contributed by atoms with E-state index in [0.717, 1.165) is 0 Å².